The number of rotatable bonds is 4. The lowest BCUT2D eigenvalue weighted by molar-refractivity contribution is 0.601. The summed E-state index contributed by atoms with van der Waals surface area (Å²) >= 11 is 1.12. The van der Waals surface area contributed by atoms with E-state index in [9.17, 15) is 13.2 Å². The Kier molecular flexibility index (Phi) is 3.99. The molecule has 1 aromatic heterocycles. The SMILES string of the molecule is CC(C)n1c(=O)sc2cc(NS(=O)(=O)c3ccccc3)ccc21. The summed E-state index contributed by atoms with van der Waals surface area (Å²) in [5.74, 6) is 0. The second kappa shape index (κ2) is 5.82. The van der Waals surface area contributed by atoms with E-state index in [1.165, 1.54) is 12.1 Å². The van der Waals surface area contributed by atoms with Crippen molar-refractivity contribution in [3.63, 3.8) is 0 Å². The van der Waals surface area contributed by atoms with Crippen LogP contribution in [0.5, 0.6) is 0 Å². The molecule has 1 N–H and O–H groups in total. The van der Waals surface area contributed by atoms with Crippen LogP contribution >= 0.6 is 11.3 Å². The molecule has 0 unspecified atom stereocenters. The zero-order valence-corrected chi connectivity index (χ0v) is 14.3. The van der Waals surface area contributed by atoms with Crippen molar-refractivity contribution in [3.05, 3.63) is 58.2 Å². The number of fused-ring (bicyclic) bond motifs is 1. The van der Waals surface area contributed by atoms with Crippen LogP contribution in [-0.4, -0.2) is 13.0 Å². The van der Waals surface area contributed by atoms with Crippen LogP contribution in [0.25, 0.3) is 10.2 Å². The summed E-state index contributed by atoms with van der Waals surface area (Å²) in [4.78, 5) is 12.2. The van der Waals surface area contributed by atoms with Crippen LogP contribution in [0.1, 0.15) is 19.9 Å². The summed E-state index contributed by atoms with van der Waals surface area (Å²) in [6.45, 7) is 3.89. The highest BCUT2D eigenvalue weighted by Gasteiger charge is 2.15. The van der Waals surface area contributed by atoms with Gasteiger partial charge in [0.2, 0.25) is 0 Å². The second-order valence-electron chi connectivity index (χ2n) is 5.43. The van der Waals surface area contributed by atoms with Gasteiger partial charge < -0.3 is 0 Å². The predicted molar refractivity (Wildman–Crippen MR) is 93.7 cm³/mol. The number of hydrogen-bond acceptors (Lipinski definition) is 4. The smallest absolute Gasteiger partial charge is 0.296 e. The van der Waals surface area contributed by atoms with Gasteiger partial charge in [0.25, 0.3) is 10.0 Å². The first-order valence-corrected chi connectivity index (χ1v) is 9.41. The minimum absolute atomic E-state index is 0.0435. The summed E-state index contributed by atoms with van der Waals surface area (Å²) in [5, 5.41) is 0. The van der Waals surface area contributed by atoms with E-state index in [1.54, 1.807) is 41.0 Å². The fourth-order valence-corrected chi connectivity index (χ4v) is 4.53. The molecule has 1 heterocycles. The summed E-state index contributed by atoms with van der Waals surface area (Å²) in [7, 11) is -3.63. The maximum Gasteiger partial charge on any atom is 0.308 e. The van der Waals surface area contributed by atoms with Gasteiger partial charge in [0.1, 0.15) is 0 Å². The second-order valence-corrected chi connectivity index (χ2v) is 8.11. The standard InChI is InChI=1S/C16H16N2O3S2/c1-11(2)18-14-9-8-12(10-15(14)22-16(18)19)17-23(20,21)13-6-4-3-5-7-13/h3-11,17H,1-2H3. The monoisotopic (exact) mass is 348 g/mol. The molecule has 0 bridgehead atoms. The highest BCUT2D eigenvalue weighted by atomic mass is 32.2. The van der Waals surface area contributed by atoms with Crippen LogP contribution in [0.2, 0.25) is 0 Å². The summed E-state index contributed by atoms with van der Waals surface area (Å²) < 4.78 is 29.7. The fourth-order valence-electron chi connectivity index (χ4n) is 2.40. The number of hydrogen-bond donors (Lipinski definition) is 1. The van der Waals surface area contributed by atoms with E-state index in [1.807, 2.05) is 13.8 Å². The van der Waals surface area contributed by atoms with Crippen molar-refractivity contribution in [2.75, 3.05) is 4.72 Å². The zero-order chi connectivity index (χ0) is 16.6. The van der Waals surface area contributed by atoms with Crippen LogP contribution in [0, 0.1) is 0 Å². The molecule has 0 radical (unpaired) electrons. The Morgan fingerprint density at radius 3 is 2.43 bits per heavy atom. The summed E-state index contributed by atoms with van der Waals surface area (Å²) in [6, 6.07) is 13.4. The molecule has 0 amide bonds. The molecule has 0 spiro atoms. The van der Waals surface area contributed by atoms with Crippen molar-refractivity contribution in [1.29, 1.82) is 0 Å². The van der Waals surface area contributed by atoms with E-state index in [0.717, 1.165) is 21.6 Å². The number of nitrogens with zero attached hydrogens (tertiary/aromatic N) is 1. The Balaban J connectivity index is 2.01. The summed E-state index contributed by atoms with van der Waals surface area (Å²) in [6.07, 6.45) is 0. The lowest BCUT2D eigenvalue weighted by atomic mass is 10.3. The van der Waals surface area contributed by atoms with Crippen LogP contribution in [0.3, 0.4) is 0 Å². The molecule has 7 heteroatoms. The Bertz CT molecular complexity index is 1000. The fraction of sp³-hybridized carbons (Fsp3) is 0.188. The van der Waals surface area contributed by atoms with Crippen LogP contribution in [-0.2, 0) is 10.0 Å². The normalized spacial score (nSPS) is 12.0. The molecule has 0 saturated heterocycles. The molecule has 3 aromatic rings. The van der Waals surface area contributed by atoms with Crippen molar-refractivity contribution >= 4 is 37.3 Å². The Hall–Kier alpha value is -2.12. The van der Waals surface area contributed by atoms with Gasteiger partial charge >= 0.3 is 4.87 Å². The maximum absolute atomic E-state index is 12.3. The molecule has 0 aliphatic heterocycles. The molecule has 0 fully saturated rings. The maximum atomic E-state index is 12.3. The van der Waals surface area contributed by atoms with Crippen LogP contribution in [0.4, 0.5) is 5.69 Å². The highest BCUT2D eigenvalue weighted by molar-refractivity contribution is 7.92. The third-order valence-electron chi connectivity index (χ3n) is 3.44. The van der Waals surface area contributed by atoms with Gasteiger partial charge in [0.05, 0.1) is 20.8 Å². The molecule has 0 saturated carbocycles. The molecule has 0 atom stereocenters. The highest BCUT2D eigenvalue weighted by Crippen LogP contribution is 2.25. The van der Waals surface area contributed by atoms with Crippen molar-refractivity contribution in [2.24, 2.45) is 0 Å². The average molecular weight is 348 g/mol. The van der Waals surface area contributed by atoms with Gasteiger partial charge in [-0.25, -0.2) is 8.42 Å². The first kappa shape index (κ1) is 15.8. The predicted octanol–water partition coefficient (Wildman–Crippen LogP) is 3.44. The van der Waals surface area contributed by atoms with Crippen molar-refractivity contribution < 1.29 is 8.42 Å². The van der Waals surface area contributed by atoms with Gasteiger partial charge in [-0.15, -0.1) is 0 Å². The number of aromatic nitrogens is 1. The molecular weight excluding hydrogens is 332 g/mol. The van der Waals surface area contributed by atoms with Crippen LogP contribution < -0.4 is 9.60 Å². The van der Waals surface area contributed by atoms with Gasteiger partial charge in [-0.1, -0.05) is 29.5 Å². The van der Waals surface area contributed by atoms with Gasteiger partial charge in [-0.3, -0.25) is 14.1 Å². The van der Waals surface area contributed by atoms with Crippen molar-refractivity contribution in [2.45, 2.75) is 24.8 Å². The molecule has 0 aliphatic rings. The third-order valence-corrected chi connectivity index (χ3v) is 5.75. The van der Waals surface area contributed by atoms with Gasteiger partial charge in [0.15, 0.2) is 0 Å². The minimum Gasteiger partial charge on any atom is -0.296 e. The van der Waals surface area contributed by atoms with E-state index >= 15 is 0 Å². The van der Waals surface area contributed by atoms with Gasteiger partial charge in [-0.2, -0.15) is 0 Å². The van der Waals surface area contributed by atoms with E-state index in [2.05, 4.69) is 4.72 Å². The average Bonchev–Trinajstić information content (AvgIpc) is 2.83. The Morgan fingerprint density at radius 1 is 1.09 bits per heavy atom. The van der Waals surface area contributed by atoms with E-state index < -0.39 is 10.0 Å². The molecule has 120 valence electrons. The van der Waals surface area contributed by atoms with E-state index in [0.29, 0.717) is 5.69 Å². The number of sulfonamides is 1. The third kappa shape index (κ3) is 3.02. The number of anilines is 1. The zero-order valence-electron chi connectivity index (χ0n) is 12.7. The molecule has 0 aliphatic carbocycles. The van der Waals surface area contributed by atoms with Crippen molar-refractivity contribution in [1.82, 2.24) is 4.57 Å². The number of nitrogens with one attached hydrogen (secondary N) is 1. The molecule has 23 heavy (non-hydrogen) atoms. The Labute approximate surface area is 138 Å². The largest absolute Gasteiger partial charge is 0.308 e. The number of thiazole rings is 1. The Morgan fingerprint density at radius 2 is 1.78 bits per heavy atom. The van der Waals surface area contributed by atoms with Crippen molar-refractivity contribution in [3.8, 4) is 0 Å². The molecular formula is C16H16N2O3S2. The molecule has 2 aromatic carbocycles. The van der Waals surface area contributed by atoms with Crippen LogP contribution in [0.15, 0.2) is 58.2 Å². The van der Waals surface area contributed by atoms with Gasteiger partial charge in [0, 0.05) is 6.04 Å². The topological polar surface area (TPSA) is 68.2 Å². The number of benzene rings is 2. The molecule has 3 rings (SSSR count). The lowest BCUT2D eigenvalue weighted by Gasteiger charge is -2.10. The van der Waals surface area contributed by atoms with E-state index in [-0.39, 0.29) is 15.8 Å². The van der Waals surface area contributed by atoms with E-state index in [4.69, 9.17) is 0 Å². The molecule has 5 nitrogen and oxygen atoms in total. The lowest BCUT2D eigenvalue weighted by Crippen LogP contribution is -2.14. The first-order chi connectivity index (χ1) is 10.9. The quantitative estimate of drug-likeness (QED) is 0.785. The van der Waals surface area contributed by atoms with Gasteiger partial charge in [-0.05, 0) is 44.2 Å². The summed E-state index contributed by atoms with van der Waals surface area (Å²) in [5.41, 5.74) is 1.26. The first-order valence-electron chi connectivity index (χ1n) is 7.11. The minimum atomic E-state index is -3.63.